The van der Waals surface area contributed by atoms with Gasteiger partial charge < -0.3 is 5.73 Å². The molecule has 0 fully saturated rings. The average molecular weight is 214 g/mol. The number of halogens is 1. The maximum Gasteiger partial charge on any atom is 0.287 e. The molecule has 74 valence electrons. The predicted octanol–water partition coefficient (Wildman–Crippen LogP) is 1.35. The molecule has 0 aliphatic rings. The average Bonchev–Trinajstić information content (AvgIpc) is 2.16. The predicted molar refractivity (Wildman–Crippen MR) is 53.0 cm³/mol. The summed E-state index contributed by atoms with van der Waals surface area (Å²) in [5.41, 5.74) is 5.82. The first-order valence-corrected chi connectivity index (χ1v) is 3.56. The Bertz CT molecular complexity index is 387. The molecule has 2 N–H and O–H groups in total. The van der Waals surface area contributed by atoms with Gasteiger partial charge in [-0.15, -0.1) is 12.4 Å². The van der Waals surface area contributed by atoms with Gasteiger partial charge in [0.2, 0.25) is 0 Å². The van der Waals surface area contributed by atoms with Crippen LogP contribution in [0, 0.1) is 21.4 Å². The van der Waals surface area contributed by atoms with Crippen LogP contribution in [0.1, 0.15) is 11.1 Å². The zero-order valence-corrected chi connectivity index (χ0v) is 7.95. The van der Waals surface area contributed by atoms with E-state index in [1.807, 2.05) is 0 Å². The molecule has 1 aromatic carbocycles. The zero-order chi connectivity index (χ0) is 9.84. The Balaban J connectivity index is 0.00000169. The summed E-state index contributed by atoms with van der Waals surface area (Å²) in [6, 6.07) is 6.07. The van der Waals surface area contributed by atoms with Crippen LogP contribution in [0.25, 0.3) is 0 Å². The van der Waals surface area contributed by atoms with E-state index in [1.54, 1.807) is 12.1 Å². The molecule has 0 saturated heterocycles. The van der Waals surface area contributed by atoms with Crippen molar-refractivity contribution in [2.75, 3.05) is 0 Å². The van der Waals surface area contributed by atoms with Gasteiger partial charge in [-0.05, 0) is 11.6 Å². The summed E-state index contributed by atoms with van der Waals surface area (Å²) in [6.45, 7) is 0.229. The first-order chi connectivity index (χ1) is 6.19. The van der Waals surface area contributed by atoms with Crippen molar-refractivity contribution in [2.45, 2.75) is 6.54 Å². The smallest absolute Gasteiger partial charge is 0.287 e. The fraction of sp³-hybridized carbons (Fsp3) is 0.125. The number of nitro benzene ring substituents is 1. The van der Waals surface area contributed by atoms with Crippen LogP contribution in [0.5, 0.6) is 0 Å². The van der Waals surface area contributed by atoms with Crippen molar-refractivity contribution in [3.05, 3.63) is 39.4 Å². The van der Waals surface area contributed by atoms with E-state index in [0.29, 0.717) is 5.56 Å². The molecule has 0 atom stereocenters. The third kappa shape index (κ3) is 2.42. The standard InChI is InChI=1S/C8H7N3O2.ClH/c9-4-6-1-2-7(5-10)8(3-6)11(12)13;/h1-3H,4,9H2;1H. The molecule has 14 heavy (non-hydrogen) atoms. The number of nitrogens with zero attached hydrogens (tertiary/aromatic N) is 2. The lowest BCUT2D eigenvalue weighted by Gasteiger charge is -1.97. The number of hydrogen-bond donors (Lipinski definition) is 1. The number of hydrogen-bond acceptors (Lipinski definition) is 4. The van der Waals surface area contributed by atoms with E-state index in [-0.39, 0.29) is 30.2 Å². The summed E-state index contributed by atoms with van der Waals surface area (Å²) in [7, 11) is 0. The third-order valence-corrected chi connectivity index (χ3v) is 1.61. The Hall–Kier alpha value is -1.64. The lowest BCUT2D eigenvalue weighted by atomic mass is 10.1. The lowest BCUT2D eigenvalue weighted by Crippen LogP contribution is -1.99. The fourth-order valence-corrected chi connectivity index (χ4v) is 0.950. The highest BCUT2D eigenvalue weighted by atomic mass is 35.5. The lowest BCUT2D eigenvalue weighted by molar-refractivity contribution is -0.385. The molecule has 0 bridgehead atoms. The Morgan fingerprint density at radius 1 is 1.57 bits per heavy atom. The van der Waals surface area contributed by atoms with Crippen LogP contribution >= 0.6 is 12.4 Å². The minimum absolute atomic E-state index is 0. The van der Waals surface area contributed by atoms with E-state index >= 15 is 0 Å². The van der Waals surface area contributed by atoms with Gasteiger partial charge in [-0.1, -0.05) is 6.07 Å². The zero-order valence-electron chi connectivity index (χ0n) is 7.14. The highest BCUT2D eigenvalue weighted by molar-refractivity contribution is 5.85. The molecule has 5 nitrogen and oxygen atoms in total. The molecule has 0 aromatic heterocycles. The van der Waals surface area contributed by atoms with Crippen molar-refractivity contribution >= 4 is 18.1 Å². The summed E-state index contributed by atoms with van der Waals surface area (Å²) >= 11 is 0. The maximum absolute atomic E-state index is 10.5. The highest BCUT2D eigenvalue weighted by Gasteiger charge is 2.13. The molecule has 0 aliphatic heterocycles. The summed E-state index contributed by atoms with van der Waals surface area (Å²) in [5, 5.41) is 19.0. The minimum atomic E-state index is -0.586. The van der Waals surface area contributed by atoms with E-state index in [1.165, 1.54) is 12.1 Å². The highest BCUT2D eigenvalue weighted by Crippen LogP contribution is 2.18. The number of nitro groups is 1. The van der Waals surface area contributed by atoms with E-state index in [9.17, 15) is 10.1 Å². The molecule has 6 heteroatoms. The molecular formula is C8H8ClN3O2. The molecule has 0 unspecified atom stereocenters. The molecule has 1 rings (SSSR count). The number of nitrogens with two attached hydrogens (primary N) is 1. The van der Waals surface area contributed by atoms with Crippen molar-refractivity contribution in [3.63, 3.8) is 0 Å². The summed E-state index contributed by atoms with van der Waals surface area (Å²) in [5.74, 6) is 0. The van der Waals surface area contributed by atoms with Gasteiger partial charge in [-0.3, -0.25) is 10.1 Å². The van der Waals surface area contributed by atoms with Crippen molar-refractivity contribution in [1.29, 1.82) is 5.26 Å². The van der Waals surface area contributed by atoms with Gasteiger partial charge in [-0.25, -0.2) is 0 Å². The van der Waals surface area contributed by atoms with Crippen molar-refractivity contribution in [1.82, 2.24) is 0 Å². The number of benzene rings is 1. The summed E-state index contributed by atoms with van der Waals surface area (Å²) in [4.78, 5) is 9.88. The van der Waals surface area contributed by atoms with E-state index < -0.39 is 4.92 Å². The largest absolute Gasteiger partial charge is 0.326 e. The topological polar surface area (TPSA) is 93.0 Å². The number of nitriles is 1. The van der Waals surface area contributed by atoms with Crippen molar-refractivity contribution in [2.24, 2.45) is 5.73 Å². The third-order valence-electron chi connectivity index (χ3n) is 1.61. The number of rotatable bonds is 2. The van der Waals surface area contributed by atoms with Crippen LogP contribution in [0.3, 0.4) is 0 Å². The van der Waals surface area contributed by atoms with Crippen LogP contribution in [-0.4, -0.2) is 4.92 Å². The second-order valence-electron chi connectivity index (χ2n) is 2.42. The Kier molecular flexibility index (Phi) is 4.56. The van der Waals surface area contributed by atoms with Gasteiger partial charge in [0, 0.05) is 12.6 Å². The van der Waals surface area contributed by atoms with E-state index in [4.69, 9.17) is 11.0 Å². The summed E-state index contributed by atoms with van der Waals surface area (Å²) in [6.07, 6.45) is 0. The fourth-order valence-electron chi connectivity index (χ4n) is 0.950. The molecule has 0 spiro atoms. The normalized spacial score (nSPS) is 8.57. The van der Waals surface area contributed by atoms with Gasteiger partial charge >= 0.3 is 0 Å². The van der Waals surface area contributed by atoms with Gasteiger partial charge in [0.1, 0.15) is 11.6 Å². The van der Waals surface area contributed by atoms with Crippen LogP contribution in [0.2, 0.25) is 0 Å². The van der Waals surface area contributed by atoms with Crippen LogP contribution in [0.4, 0.5) is 5.69 Å². The SMILES string of the molecule is Cl.N#Cc1ccc(CN)cc1[N+](=O)[O-]. The molecule has 0 heterocycles. The molecule has 1 aromatic rings. The second-order valence-corrected chi connectivity index (χ2v) is 2.42. The van der Waals surface area contributed by atoms with Crippen molar-refractivity contribution in [3.8, 4) is 6.07 Å². The van der Waals surface area contributed by atoms with Crippen molar-refractivity contribution < 1.29 is 4.92 Å². The monoisotopic (exact) mass is 213 g/mol. The van der Waals surface area contributed by atoms with Gasteiger partial charge in [0.25, 0.3) is 5.69 Å². The van der Waals surface area contributed by atoms with Gasteiger partial charge in [0.15, 0.2) is 0 Å². The van der Waals surface area contributed by atoms with E-state index in [2.05, 4.69) is 0 Å². The molecule has 0 radical (unpaired) electrons. The van der Waals surface area contributed by atoms with Crippen LogP contribution in [0.15, 0.2) is 18.2 Å². The van der Waals surface area contributed by atoms with Crippen LogP contribution in [-0.2, 0) is 6.54 Å². The Morgan fingerprint density at radius 3 is 2.64 bits per heavy atom. The first kappa shape index (κ1) is 12.4. The van der Waals surface area contributed by atoms with Gasteiger partial charge in [0.05, 0.1) is 4.92 Å². The summed E-state index contributed by atoms with van der Waals surface area (Å²) < 4.78 is 0. The maximum atomic E-state index is 10.5. The van der Waals surface area contributed by atoms with Gasteiger partial charge in [-0.2, -0.15) is 5.26 Å². The second kappa shape index (κ2) is 5.17. The minimum Gasteiger partial charge on any atom is -0.326 e. The van der Waals surface area contributed by atoms with E-state index in [0.717, 1.165) is 0 Å². The van der Waals surface area contributed by atoms with Crippen LogP contribution < -0.4 is 5.73 Å². The quantitative estimate of drug-likeness (QED) is 0.593. The molecule has 0 saturated carbocycles. The molecule has 0 aliphatic carbocycles. The Morgan fingerprint density at radius 2 is 2.21 bits per heavy atom. The molecular weight excluding hydrogens is 206 g/mol. The first-order valence-electron chi connectivity index (χ1n) is 3.56. The Labute approximate surface area is 86.7 Å². The molecule has 0 amide bonds.